The minimum atomic E-state index is -0.333. The molecule has 5 nitrogen and oxygen atoms in total. The predicted molar refractivity (Wildman–Crippen MR) is 65.5 cm³/mol. The lowest BCUT2D eigenvalue weighted by molar-refractivity contribution is -0.732. The van der Waals surface area contributed by atoms with Gasteiger partial charge in [0.2, 0.25) is 5.28 Å². The molecule has 1 aliphatic carbocycles. The molecule has 0 aromatic rings. The SMILES string of the molecule is CC1(C)CCC(N([N+]([O-])=NO)C(C)(C)C)CC1. The maximum absolute atomic E-state index is 11.6. The molecule has 1 N–H and O–H groups in total. The second kappa shape index (κ2) is 4.70. The van der Waals surface area contributed by atoms with Crippen LogP contribution in [-0.4, -0.2) is 26.8 Å². The Labute approximate surface area is 104 Å². The molecule has 0 aliphatic heterocycles. The van der Waals surface area contributed by atoms with Crippen molar-refractivity contribution in [2.24, 2.45) is 10.7 Å². The van der Waals surface area contributed by atoms with Crippen molar-refractivity contribution >= 4 is 0 Å². The predicted octanol–water partition coefficient (Wildman–Crippen LogP) is 3.32. The summed E-state index contributed by atoms with van der Waals surface area (Å²) in [6.07, 6.45) is 4.14. The Morgan fingerprint density at radius 2 is 1.76 bits per heavy atom. The number of hydrazine groups is 1. The summed E-state index contributed by atoms with van der Waals surface area (Å²) in [5.41, 5.74) is 0.0320. The van der Waals surface area contributed by atoms with Crippen molar-refractivity contribution in [1.82, 2.24) is 5.01 Å². The maximum atomic E-state index is 11.6. The topological polar surface area (TPSA) is 61.9 Å². The van der Waals surface area contributed by atoms with Crippen molar-refractivity contribution in [1.29, 1.82) is 0 Å². The fraction of sp³-hybridized carbons (Fsp3) is 1.00. The molecule has 0 heterocycles. The monoisotopic (exact) mass is 243 g/mol. The molecule has 0 saturated heterocycles. The van der Waals surface area contributed by atoms with Gasteiger partial charge in [-0.1, -0.05) is 13.8 Å². The van der Waals surface area contributed by atoms with E-state index in [1.807, 2.05) is 20.8 Å². The van der Waals surface area contributed by atoms with Gasteiger partial charge in [-0.05, 0) is 51.9 Å². The summed E-state index contributed by atoms with van der Waals surface area (Å²) in [6.45, 7) is 10.4. The van der Waals surface area contributed by atoms with E-state index in [0.717, 1.165) is 25.7 Å². The molecule has 1 fully saturated rings. The van der Waals surface area contributed by atoms with Gasteiger partial charge in [0.05, 0.1) is 16.6 Å². The second-order valence-electron chi connectivity index (χ2n) is 6.75. The fourth-order valence-corrected chi connectivity index (χ4v) is 2.62. The van der Waals surface area contributed by atoms with Crippen LogP contribution in [0.25, 0.3) is 0 Å². The van der Waals surface area contributed by atoms with Crippen LogP contribution in [0, 0.1) is 10.6 Å². The van der Waals surface area contributed by atoms with Gasteiger partial charge in [0.1, 0.15) is 0 Å². The van der Waals surface area contributed by atoms with Gasteiger partial charge in [-0.3, -0.25) is 0 Å². The van der Waals surface area contributed by atoms with Crippen LogP contribution >= 0.6 is 0 Å². The van der Waals surface area contributed by atoms with Gasteiger partial charge in [0, 0.05) is 0 Å². The normalized spacial score (nSPS) is 22.5. The fourth-order valence-electron chi connectivity index (χ4n) is 2.62. The van der Waals surface area contributed by atoms with Crippen molar-refractivity contribution in [3.8, 4) is 0 Å². The zero-order valence-corrected chi connectivity index (χ0v) is 11.6. The van der Waals surface area contributed by atoms with Gasteiger partial charge in [-0.15, -0.1) is 5.01 Å². The lowest BCUT2D eigenvalue weighted by atomic mass is 9.75. The van der Waals surface area contributed by atoms with E-state index in [2.05, 4.69) is 19.1 Å². The molecule has 17 heavy (non-hydrogen) atoms. The van der Waals surface area contributed by atoms with Crippen LogP contribution in [0.5, 0.6) is 0 Å². The molecule has 0 atom stereocenters. The molecular weight excluding hydrogens is 218 g/mol. The van der Waals surface area contributed by atoms with Gasteiger partial charge in [0.25, 0.3) is 0 Å². The first-order chi connectivity index (χ1) is 7.67. The standard InChI is InChI=1S/C12H25N3O2/c1-11(2,3)14(15(17)13-16)10-6-8-12(4,5)9-7-10/h10,16H,6-9H2,1-5H3. The number of hydrogen-bond donors (Lipinski definition) is 1. The zero-order chi connectivity index (χ0) is 13.3. The molecule has 0 radical (unpaired) electrons. The van der Waals surface area contributed by atoms with Crippen LogP contribution in [0.1, 0.15) is 60.3 Å². The third-order valence-electron chi connectivity index (χ3n) is 3.60. The Kier molecular flexibility index (Phi) is 3.89. The Morgan fingerprint density at radius 3 is 2.12 bits per heavy atom. The van der Waals surface area contributed by atoms with Crippen LogP contribution in [0.15, 0.2) is 5.28 Å². The summed E-state index contributed by atoms with van der Waals surface area (Å²) in [5.74, 6) is 0. The molecule has 0 bridgehead atoms. The molecule has 0 unspecified atom stereocenters. The average molecular weight is 243 g/mol. The van der Waals surface area contributed by atoms with Crippen LogP contribution in [0.3, 0.4) is 0 Å². The Hall–Kier alpha value is -1.00. The highest BCUT2D eigenvalue weighted by molar-refractivity contribution is 4.85. The Morgan fingerprint density at radius 1 is 1.29 bits per heavy atom. The van der Waals surface area contributed by atoms with Crippen molar-refractivity contribution in [3.05, 3.63) is 5.21 Å². The van der Waals surface area contributed by atoms with E-state index in [1.54, 1.807) is 5.01 Å². The lowest BCUT2D eigenvalue weighted by Crippen LogP contribution is -2.53. The highest BCUT2D eigenvalue weighted by Gasteiger charge is 2.39. The first-order valence-corrected chi connectivity index (χ1v) is 6.29. The van der Waals surface area contributed by atoms with Crippen LogP contribution in [-0.2, 0) is 0 Å². The molecule has 100 valence electrons. The molecule has 1 rings (SSSR count). The molecule has 0 spiro atoms. The summed E-state index contributed by atoms with van der Waals surface area (Å²) in [7, 11) is 0. The quantitative estimate of drug-likeness (QED) is 0.459. The molecule has 5 heteroatoms. The smallest absolute Gasteiger partial charge is 0.230 e. The van der Waals surface area contributed by atoms with E-state index in [9.17, 15) is 5.21 Å². The molecule has 1 saturated carbocycles. The van der Waals surface area contributed by atoms with E-state index in [1.165, 1.54) is 0 Å². The molecule has 0 amide bonds. The van der Waals surface area contributed by atoms with Gasteiger partial charge in [0.15, 0.2) is 0 Å². The largest absolute Gasteiger partial charge is 0.569 e. The first-order valence-electron chi connectivity index (χ1n) is 6.29. The third-order valence-corrected chi connectivity index (χ3v) is 3.60. The van der Waals surface area contributed by atoms with E-state index in [-0.39, 0.29) is 11.6 Å². The van der Waals surface area contributed by atoms with Crippen molar-refractivity contribution < 1.29 is 10.2 Å². The van der Waals surface area contributed by atoms with Gasteiger partial charge in [-0.2, -0.15) is 0 Å². The van der Waals surface area contributed by atoms with Crippen molar-refractivity contribution in [2.45, 2.75) is 71.9 Å². The molecule has 0 aromatic heterocycles. The molecule has 0 aromatic carbocycles. The van der Waals surface area contributed by atoms with Crippen LogP contribution in [0.2, 0.25) is 0 Å². The highest BCUT2D eigenvalue weighted by atomic mass is 16.6. The van der Waals surface area contributed by atoms with Crippen LogP contribution in [0.4, 0.5) is 0 Å². The summed E-state index contributed by atoms with van der Waals surface area (Å²) in [4.78, 5) is 0.336. The van der Waals surface area contributed by atoms with Crippen LogP contribution < -0.4 is 0 Å². The summed E-state index contributed by atoms with van der Waals surface area (Å²) in [6, 6.07) is 0.163. The molecular formula is C12H25N3O2. The number of hydrogen-bond acceptors (Lipinski definition) is 2. The second-order valence-corrected chi connectivity index (χ2v) is 6.75. The maximum Gasteiger partial charge on any atom is 0.230 e. The van der Waals surface area contributed by atoms with E-state index in [0.29, 0.717) is 10.4 Å². The Balaban J connectivity index is 2.81. The molecule has 1 aliphatic rings. The van der Waals surface area contributed by atoms with E-state index in [4.69, 9.17) is 5.21 Å². The van der Waals surface area contributed by atoms with E-state index < -0.39 is 0 Å². The minimum Gasteiger partial charge on any atom is -0.569 e. The summed E-state index contributed by atoms with van der Waals surface area (Å²) < 4.78 is 0. The highest BCUT2D eigenvalue weighted by Crippen LogP contribution is 2.38. The first kappa shape index (κ1) is 14.1. The summed E-state index contributed by atoms with van der Waals surface area (Å²) >= 11 is 0. The zero-order valence-electron chi connectivity index (χ0n) is 11.6. The van der Waals surface area contributed by atoms with Crippen molar-refractivity contribution in [3.63, 3.8) is 0 Å². The third kappa shape index (κ3) is 3.48. The number of nitrogens with zero attached hydrogens (tertiary/aromatic N) is 3. The van der Waals surface area contributed by atoms with Gasteiger partial charge in [-0.25, -0.2) is 0 Å². The average Bonchev–Trinajstić information content (AvgIpc) is 2.18. The Bertz CT molecular complexity index is 285. The van der Waals surface area contributed by atoms with Gasteiger partial charge >= 0.3 is 0 Å². The lowest BCUT2D eigenvalue weighted by Gasteiger charge is -2.41. The van der Waals surface area contributed by atoms with Gasteiger partial charge < -0.3 is 10.4 Å². The minimum absolute atomic E-state index is 0.163. The summed E-state index contributed by atoms with van der Waals surface area (Å²) in [5, 5.41) is 24.8. The van der Waals surface area contributed by atoms with Crippen molar-refractivity contribution in [2.75, 3.05) is 0 Å². The number of rotatable bonds is 2. The van der Waals surface area contributed by atoms with E-state index >= 15 is 0 Å².